The fraction of sp³-hybridized carbons (Fsp3) is 0.929. The summed E-state index contributed by atoms with van der Waals surface area (Å²) in [6.45, 7) is 16.3. The van der Waals surface area contributed by atoms with Gasteiger partial charge in [-0.25, -0.2) is 0 Å². The van der Waals surface area contributed by atoms with Crippen LogP contribution in [-0.4, -0.2) is 34.1 Å². The number of hydrogen-bond donors (Lipinski definition) is 2. The first-order valence-corrected chi connectivity index (χ1v) is 13.3. The molecule has 3 nitrogen and oxygen atoms in total. The zero-order chi connectivity index (χ0) is 22.3. The Hall–Kier alpha value is -0.380. The van der Waals surface area contributed by atoms with Gasteiger partial charge in [0.2, 0.25) is 0 Å². The van der Waals surface area contributed by atoms with E-state index in [0.29, 0.717) is 29.1 Å². The van der Waals surface area contributed by atoms with Crippen LogP contribution in [-0.2, 0) is 4.74 Å². The molecule has 1 aliphatic heterocycles. The Morgan fingerprint density at radius 1 is 1.03 bits per heavy atom. The van der Waals surface area contributed by atoms with Crippen LogP contribution in [0, 0.1) is 46.3 Å². The van der Waals surface area contributed by atoms with Crippen molar-refractivity contribution < 1.29 is 14.9 Å². The molecule has 1 saturated heterocycles. The lowest BCUT2D eigenvalue weighted by Gasteiger charge is -2.60. The van der Waals surface area contributed by atoms with E-state index in [-0.39, 0.29) is 29.3 Å². The maximum absolute atomic E-state index is 11.6. The van der Waals surface area contributed by atoms with E-state index in [1.807, 2.05) is 0 Å². The van der Waals surface area contributed by atoms with Crippen LogP contribution in [0.15, 0.2) is 12.2 Å². The number of hydrogen-bond acceptors (Lipinski definition) is 3. The highest BCUT2D eigenvalue weighted by molar-refractivity contribution is 5.27. The standard InChI is InChI=1S/C28H46O3/c1-16(2)17(3)7-8-18(4)20-9-10-21-23-22(12-13-26(20,21)5)27(6)14-11-19(29)15-28(27)25(31-28)24(23)30/h16,18-25,29-30H,3,7-15H2,1-2,4-6H3. The lowest BCUT2D eigenvalue weighted by molar-refractivity contribution is -0.151. The third-order valence-electron chi connectivity index (χ3n) is 11.6. The van der Waals surface area contributed by atoms with Crippen molar-refractivity contribution in [3.8, 4) is 0 Å². The molecule has 4 saturated carbocycles. The van der Waals surface area contributed by atoms with E-state index in [0.717, 1.165) is 37.5 Å². The first-order chi connectivity index (χ1) is 14.5. The molecule has 5 aliphatic rings. The average molecular weight is 431 g/mol. The van der Waals surface area contributed by atoms with Crippen molar-refractivity contribution in [2.24, 2.45) is 46.3 Å². The second kappa shape index (κ2) is 7.31. The second-order valence-electron chi connectivity index (χ2n) is 13.1. The second-order valence-corrected chi connectivity index (χ2v) is 13.1. The molecule has 0 radical (unpaired) electrons. The number of epoxide rings is 1. The van der Waals surface area contributed by atoms with Crippen LogP contribution >= 0.6 is 0 Å². The number of allylic oxidation sites excluding steroid dienone is 1. The van der Waals surface area contributed by atoms with Gasteiger partial charge in [-0.05, 0) is 92.3 Å². The number of aliphatic hydroxyl groups is 2. The first-order valence-electron chi connectivity index (χ1n) is 13.3. The molecule has 0 amide bonds. The number of ether oxygens (including phenoxy) is 1. The molecule has 0 bridgehead atoms. The molecule has 1 spiro atoms. The van der Waals surface area contributed by atoms with Gasteiger partial charge in [0.05, 0.1) is 12.2 Å². The van der Waals surface area contributed by atoms with Gasteiger partial charge in [-0.1, -0.05) is 46.8 Å². The van der Waals surface area contributed by atoms with Crippen LogP contribution < -0.4 is 0 Å². The highest BCUT2D eigenvalue weighted by Crippen LogP contribution is 2.74. The third kappa shape index (κ3) is 3.01. The molecular weight excluding hydrogens is 384 g/mol. The molecule has 1 heterocycles. The summed E-state index contributed by atoms with van der Waals surface area (Å²) in [7, 11) is 0. The molecule has 2 N–H and O–H groups in total. The monoisotopic (exact) mass is 430 g/mol. The minimum Gasteiger partial charge on any atom is -0.393 e. The van der Waals surface area contributed by atoms with E-state index in [1.54, 1.807) is 0 Å². The number of rotatable bonds is 5. The Balaban J connectivity index is 1.36. The van der Waals surface area contributed by atoms with Crippen molar-refractivity contribution in [2.45, 2.75) is 116 Å². The van der Waals surface area contributed by atoms with Gasteiger partial charge in [-0.3, -0.25) is 0 Å². The van der Waals surface area contributed by atoms with Gasteiger partial charge < -0.3 is 14.9 Å². The highest BCUT2D eigenvalue weighted by atomic mass is 16.6. The Kier molecular flexibility index (Phi) is 5.28. The van der Waals surface area contributed by atoms with E-state index in [9.17, 15) is 10.2 Å². The molecule has 176 valence electrons. The van der Waals surface area contributed by atoms with Crippen molar-refractivity contribution in [1.29, 1.82) is 0 Å². The van der Waals surface area contributed by atoms with Crippen molar-refractivity contribution in [1.82, 2.24) is 0 Å². The summed E-state index contributed by atoms with van der Waals surface area (Å²) >= 11 is 0. The Bertz CT molecular complexity index is 732. The Labute approximate surface area is 190 Å². The Morgan fingerprint density at radius 3 is 2.48 bits per heavy atom. The van der Waals surface area contributed by atoms with Crippen LogP contribution in [0.4, 0.5) is 0 Å². The Morgan fingerprint density at radius 2 is 1.77 bits per heavy atom. The summed E-state index contributed by atoms with van der Waals surface area (Å²) in [4.78, 5) is 0. The summed E-state index contributed by atoms with van der Waals surface area (Å²) in [6.07, 6.45) is 9.56. The maximum Gasteiger partial charge on any atom is 0.114 e. The van der Waals surface area contributed by atoms with E-state index in [1.165, 1.54) is 37.7 Å². The molecule has 3 heteroatoms. The van der Waals surface area contributed by atoms with Crippen molar-refractivity contribution in [3.05, 3.63) is 12.2 Å². The van der Waals surface area contributed by atoms with Gasteiger partial charge in [-0.2, -0.15) is 0 Å². The molecule has 31 heavy (non-hydrogen) atoms. The van der Waals surface area contributed by atoms with Gasteiger partial charge in [0, 0.05) is 11.8 Å². The van der Waals surface area contributed by atoms with Crippen molar-refractivity contribution in [3.63, 3.8) is 0 Å². The van der Waals surface area contributed by atoms with E-state index >= 15 is 0 Å². The molecule has 0 aromatic carbocycles. The molecule has 11 atom stereocenters. The smallest absolute Gasteiger partial charge is 0.114 e. The van der Waals surface area contributed by atoms with Gasteiger partial charge in [0.25, 0.3) is 0 Å². The predicted molar refractivity (Wildman–Crippen MR) is 124 cm³/mol. The van der Waals surface area contributed by atoms with Gasteiger partial charge in [0.15, 0.2) is 0 Å². The SMILES string of the molecule is C=C(CCC(C)C1CCC2C3C(O)C4OC45CC(O)CCC5(C)C3CCC12C)C(C)C. The number of fused-ring (bicyclic) bond motifs is 4. The van der Waals surface area contributed by atoms with Crippen molar-refractivity contribution >= 4 is 0 Å². The molecule has 11 unspecified atom stereocenters. The molecule has 5 rings (SSSR count). The average Bonchev–Trinajstić information content (AvgIpc) is 3.34. The number of aliphatic hydroxyl groups excluding tert-OH is 2. The quantitative estimate of drug-likeness (QED) is 0.432. The van der Waals surface area contributed by atoms with Crippen LogP contribution in [0.2, 0.25) is 0 Å². The van der Waals surface area contributed by atoms with E-state index in [4.69, 9.17) is 4.74 Å². The summed E-state index contributed by atoms with van der Waals surface area (Å²) in [6, 6.07) is 0. The molecule has 0 aromatic heterocycles. The van der Waals surface area contributed by atoms with Crippen LogP contribution in [0.25, 0.3) is 0 Å². The maximum atomic E-state index is 11.6. The zero-order valence-electron chi connectivity index (χ0n) is 20.6. The largest absolute Gasteiger partial charge is 0.393 e. The summed E-state index contributed by atoms with van der Waals surface area (Å²) in [5.74, 6) is 3.61. The summed E-state index contributed by atoms with van der Waals surface area (Å²) < 4.78 is 6.37. The van der Waals surface area contributed by atoms with Crippen LogP contribution in [0.5, 0.6) is 0 Å². The highest BCUT2D eigenvalue weighted by Gasteiger charge is 2.79. The minimum absolute atomic E-state index is 0.0399. The first kappa shape index (κ1) is 22.4. The van der Waals surface area contributed by atoms with Gasteiger partial charge >= 0.3 is 0 Å². The molecule has 0 aromatic rings. The molecule has 5 fully saturated rings. The van der Waals surface area contributed by atoms with Gasteiger partial charge in [-0.15, -0.1) is 0 Å². The summed E-state index contributed by atoms with van der Waals surface area (Å²) in [5, 5.41) is 21.9. The minimum atomic E-state index is -0.345. The third-order valence-corrected chi connectivity index (χ3v) is 11.6. The van der Waals surface area contributed by atoms with E-state index in [2.05, 4.69) is 41.2 Å². The normalized spacial score (nSPS) is 53.9. The van der Waals surface area contributed by atoms with Crippen LogP contribution in [0.1, 0.15) is 92.4 Å². The molecule has 4 aliphatic carbocycles. The fourth-order valence-electron chi connectivity index (χ4n) is 9.52. The lowest BCUT2D eigenvalue weighted by Crippen LogP contribution is -2.63. The van der Waals surface area contributed by atoms with E-state index < -0.39 is 0 Å². The predicted octanol–water partition coefficient (Wildman–Crippen LogP) is 5.74. The molecular formula is C28H46O3. The fourth-order valence-corrected chi connectivity index (χ4v) is 9.52. The zero-order valence-corrected chi connectivity index (χ0v) is 20.6. The van der Waals surface area contributed by atoms with Gasteiger partial charge in [0.1, 0.15) is 11.7 Å². The van der Waals surface area contributed by atoms with Crippen LogP contribution in [0.3, 0.4) is 0 Å². The summed E-state index contributed by atoms with van der Waals surface area (Å²) in [5.41, 5.74) is 1.62. The topological polar surface area (TPSA) is 53.0 Å². The lowest BCUT2D eigenvalue weighted by atomic mass is 9.43. The van der Waals surface area contributed by atoms with Crippen molar-refractivity contribution in [2.75, 3.05) is 0 Å².